The van der Waals surface area contributed by atoms with E-state index in [-0.39, 0.29) is 24.5 Å². The summed E-state index contributed by atoms with van der Waals surface area (Å²) in [5.41, 5.74) is 4.22. The summed E-state index contributed by atoms with van der Waals surface area (Å²) in [5.74, 6) is -1.37. The van der Waals surface area contributed by atoms with Gasteiger partial charge in [0.25, 0.3) is 5.56 Å². The Morgan fingerprint density at radius 2 is 1.63 bits per heavy atom. The Morgan fingerprint density at radius 3 is 2.23 bits per heavy atom. The van der Waals surface area contributed by atoms with Gasteiger partial charge >= 0.3 is 12.1 Å². The maximum atomic E-state index is 12.3. The molecule has 7 heteroatoms. The summed E-state index contributed by atoms with van der Waals surface area (Å²) in [6.45, 7) is 0.0815. The van der Waals surface area contributed by atoms with Crippen molar-refractivity contribution in [2.75, 3.05) is 6.61 Å². The summed E-state index contributed by atoms with van der Waals surface area (Å²) in [5, 5.41) is 11.8. The molecular formula is C23H20N2O5. The average molecular weight is 404 g/mol. The van der Waals surface area contributed by atoms with Gasteiger partial charge in [0.2, 0.25) is 0 Å². The molecule has 152 valence electrons. The van der Waals surface area contributed by atoms with Crippen molar-refractivity contribution in [1.82, 2.24) is 10.3 Å². The second-order valence-corrected chi connectivity index (χ2v) is 7.09. The second-order valence-electron chi connectivity index (χ2n) is 7.09. The smallest absolute Gasteiger partial charge is 0.407 e. The number of fused-ring (bicyclic) bond motifs is 3. The Bertz CT molecular complexity index is 1110. The molecule has 3 N–H and O–H groups in total. The molecule has 2 aromatic carbocycles. The number of aliphatic carboxylic acids is 1. The van der Waals surface area contributed by atoms with Crippen molar-refractivity contribution in [3.8, 4) is 11.1 Å². The predicted octanol–water partition coefficient (Wildman–Crippen LogP) is 2.91. The fourth-order valence-corrected chi connectivity index (χ4v) is 3.82. The number of aromatic nitrogens is 1. The van der Waals surface area contributed by atoms with E-state index in [9.17, 15) is 19.5 Å². The zero-order chi connectivity index (χ0) is 21.1. The molecule has 0 spiro atoms. The zero-order valence-corrected chi connectivity index (χ0v) is 16.0. The molecule has 30 heavy (non-hydrogen) atoms. The molecule has 0 radical (unpaired) electrons. The minimum Gasteiger partial charge on any atom is -0.480 e. The van der Waals surface area contributed by atoms with Crippen molar-refractivity contribution in [1.29, 1.82) is 0 Å². The van der Waals surface area contributed by atoms with Gasteiger partial charge in [-0.3, -0.25) is 4.79 Å². The molecule has 0 aliphatic heterocycles. The summed E-state index contributed by atoms with van der Waals surface area (Å²) in [7, 11) is 0. The van der Waals surface area contributed by atoms with Crippen LogP contribution in [0.25, 0.3) is 11.1 Å². The van der Waals surface area contributed by atoms with Gasteiger partial charge in [0.05, 0.1) is 0 Å². The van der Waals surface area contributed by atoms with Crippen LogP contribution in [-0.2, 0) is 16.0 Å². The van der Waals surface area contributed by atoms with Crippen molar-refractivity contribution in [2.24, 2.45) is 0 Å². The summed E-state index contributed by atoms with van der Waals surface area (Å²) in [4.78, 5) is 38.2. The molecule has 1 amide bonds. The molecule has 1 aliphatic rings. The molecule has 1 aromatic heterocycles. The van der Waals surface area contributed by atoms with Crippen LogP contribution >= 0.6 is 0 Å². The number of pyridine rings is 1. The third-order valence-corrected chi connectivity index (χ3v) is 5.26. The monoisotopic (exact) mass is 404 g/mol. The van der Waals surface area contributed by atoms with Gasteiger partial charge in [0, 0.05) is 24.1 Å². The number of amides is 1. The van der Waals surface area contributed by atoms with Gasteiger partial charge in [-0.25, -0.2) is 9.59 Å². The van der Waals surface area contributed by atoms with Gasteiger partial charge in [-0.05, 0) is 28.3 Å². The fourth-order valence-electron chi connectivity index (χ4n) is 3.82. The summed E-state index contributed by atoms with van der Waals surface area (Å²) in [6.07, 6.45) is 0.479. The molecule has 1 heterocycles. The van der Waals surface area contributed by atoms with E-state index in [4.69, 9.17) is 4.74 Å². The highest BCUT2D eigenvalue weighted by Gasteiger charge is 2.29. The number of carbonyl (C=O) groups excluding carboxylic acids is 1. The Kier molecular flexibility index (Phi) is 5.34. The molecule has 0 saturated heterocycles. The molecule has 4 rings (SSSR count). The van der Waals surface area contributed by atoms with E-state index in [1.165, 1.54) is 12.3 Å². The molecule has 3 aromatic rings. The van der Waals surface area contributed by atoms with E-state index >= 15 is 0 Å². The molecule has 7 nitrogen and oxygen atoms in total. The van der Waals surface area contributed by atoms with Gasteiger partial charge in [0.15, 0.2) is 0 Å². The number of hydrogen-bond donors (Lipinski definition) is 3. The first-order chi connectivity index (χ1) is 14.5. The van der Waals surface area contributed by atoms with Gasteiger partial charge in [-0.2, -0.15) is 0 Å². The first kappa shape index (κ1) is 19.4. The highest BCUT2D eigenvalue weighted by Crippen LogP contribution is 2.44. The van der Waals surface area contributed by atoms with Crippen LogP contribution in [0, 0.1) is 0 Å². The van der Waals surface area contributed by atoms with Crippen LogP contribution in [-0.4, -0.2) is 34.8 Å². The number of rotatable bonds is 6. The molecule has 1 aliphatic carbocycles. The Morgan fingerprint density at radius 1 is 1.00 bits per heavy atom. The number of carboxylic acid groups (broad SMARTS) is 1. The van der Waals surface area contributed by atoms with Crippen LogP contribution in [0.1, 0.15) is 22.6 Å². The largest absolute Gasteiger partial charge is 0.480 e. The van der Waals surface area contributed by atoms with Crippen LogP contribution in [0.15, 0.2) is 71.7 Å². The second kappa shape index (κ2) is 8.24. The highest BCUT2D eigenvalue weighted by molar-refractivity contribution is 5.81. The van der Waals surface area contributed by atoms with Crippen LogP contribution < -0.4 is 10.9 Å². The number of hydrogen-bond acceptors (Lipinski definition) is 4. The lowest BCUT2D eigenvalue weighted by Gasteiger charge is -2.17. The number of carbonyl (C=O) groups is 2. The fraction of sp³-hybridized carbons (Fsp3) is 0.174. The Hall–Kier alpha value is -3.87. The van der Waals surface area contributed by atoms with Crippen molar-refractivity contribution >= 4 is 12.1 Å². The highest BCUT2D eigenvalue weighted by atomic mass is 16.5. The lowest BCUT2D eigenvalue weighted by molar-refractivity contribution is -0.139. The lowest BCUT2D eigenvalue weighted by Crippen LogP contribution is -2.43. The average Bonchev–Trinajstić information content (AvgIpc) is 3.07. The third kappa shape index (κ3) is 3.82. The topological polar surface area (TPSA) is 108 Å². The van der Waals surface area contributed by atoms with Gasteiger partial charge < -0.3 is 20.1 Å². The predicted molar refractivity (Wildman–Crippen MR) is 110 cm³/mol. The van der Waals surface area contributed by atoms with Crippen molar-refractivity contribution in [3.05, 3.63) is 93.9 Å². The van der Waals surface area contributed by atoms with Crippen LogP contribution in [0.2, 0.25) is 0 Å². The maximum absolute atomic E-state index is 12.3. The maximum Gasteiger partial charge on any atom is 0.407 e. The third-order valence-electron chi connectivity index (χ3n) is 5.26. The quantitative estimate of drug-likeness (QED) is 0.585. The normalized spacial score (nSPS) is 13.2. The van der Waals surface area contributed by atoms with E-state index in [0.29, 0.717) is 0 Å². The lowest BCUT2D eigenvalue weighted by atomic mass is 9.98. The number of H-pyrrole nitrogens is 1. The number of alkyl carbamates (subject to hydrolysis) is 1. The number of benzene rings is 2. The minimum absolute atomic E-state index is 0.0815. The van der Waals surface area contributed by atoms with E-state index in [0.717, 1.165) is 22.3 Å². The standard InChI is InChI=1S/C23H20N2O5/c26-21-14(6-5-11-24-21)12-20(22(27)28)25-23(29)30-13-19-17-9-3-1-7-15(17)16-8-2-4-10-18(16)19/h1-11,19-20H,12-13H2,(H,24,26)(H,25,29)(H,27,28). The summed E-state index contributed by atoms with van der Waals surface area (Å²) < 4.78 is 5.39. The van der Waals surface area contributed by atoms with E-state index < -0.39 is 23.7 Å². The van der Waals surface area contributed by atoms with Crippen molar-refractivity contribution < 1.29 is 19.4 Å². The first-order valence-electron chi connectivity index (χ1n) is 9.55. The summed E-state index contributed by atoms with van der Waals surface area (Å²) >= 11 is 0. The van der Waals surface area contributed by atoms with Gasteiger partial charge in [0.1, 0.15) is 12.6 Å². The zero-order valence-electron chi connectivity index (χ0n) is 16.0. The first-order valence-corrected chi connectivity index (χ1v) is 9.55. The van der Waals surface area contributed by atoms with Crippen molar-refractivity contribution in [2.45, 2.75) is 18.4 Å². The van der Waals surface area contributed by atoms with E-state index in [1.54, 1.807) is 6.07 Å². The summed E-state index contributed by atoms with van der Waals surface area (Å²) in [6, 6.07) is 17.7. The number of aromatic amines is 1. The number of nitrogens with one attached hydrogen (secondary N) is 2. The van der Waals surface area contributed by atoms with Gasteiger partial charge in [-0.1, -0.05) is 54.6 Å². The number of carboxylic acids is 1. The molecule has 0 bridgehead atoms. The van der Waals surface area contributed by atoms with Crippen LogP contribution in [0.4, 0.5) is 4.79 Å². The molecule has 0 fully saturated rings. The molecule has 1 atom stereocenters. The van der Waals surface area contributed by atoms with E-state index in [2.05, 4.69) is 10.3 Å². The van der Waals surface area contributed by atoms with Crippen LogP contribution in [0.3, 0.4) is 0 Å². The Labute approximate surface area is 172 Å². The van der Waals surface area contributed by atoms with Gasteiger partial charge in [-0.15, -0.1) is 0 Å². The van der Waals surface area contributed by atoms with E-state index in [1.807, 2.05) is 48.5 Å². The molecule has 0 saturated carbocycles. The molecule has 1 unspecified atom stereocenters. The Balaban J connectivity index is 1.45. The SMILES string of the molecule is O=C(NC(Cc1ccc[nH]c1=O)C(=O)O)OCC1c2ccccc2-c2ccccc21. The minimum atomic E-state index is -1.27. The number of ether oxygens (including phenoxy) is 1. The molecular weight excluding hydrogens is 384 g/mol. The van der Waals surface area contributed by atoms with Crippen molar-refractivity contribution in [3.63, 3.8) is 0 Å². The van der Waals surface area contributed by atoms with Crippen LogP contribution in [0.5, 0.6) is 0 Å².